The molecule has 8 heteroatoms. The predicted octanol–water partition coefficient (Wildman–Crippen LogP) is 2.28. The fourth-order valence-corrected chi connectivity index (χ4v) is 2.37. The zero-order valence-corrected chi connectivity index (χ0v) is 13.0. The minimum atomic E-state index is -4.53. The van der Waals surface area contributed by atoms with Crippen molar-refractivity contribution in [2.24, 2.45) is 0 Å². The van der Waals surface area contributed by atoms with Crippen LogP contribution in [-0.4, -0.2) is 39.9 Å². The van der Waals surface area contributed by atoms with Gasteiger partial charge in [0, 0.05) is 11.9 Å². The van der Waals surface area contributed by atoms with Gasteiger partial charge in [-0.3, -0.25) is 9.59 Å². The molecular weight excluding hydrogens is 323 g/mol. The zero-order chi connectivity index (χ0) is 17.9. The molecule has 1 aromatic heterocycles. The molecule has 128 valence electrons. The second-order valence-corrected chi connectivity index (χ2v) is 5.27. The van der Waals surface area contributed by atoms with Gasteiger partial charge < -0.3 is 4.90 Å². The number of hydrogen-bond donors (Lipinski definition) is 0. The van der Waals surface area contributed by atoms with Gasteiger partial charge in [0.05, 0.1) is 11.1 Å². The van der Waals surface area contributed by atoms with E-state index in [-0.39, 0.29) is 6.54 Å². The molecule has 2 aromatic rings. The fraction of sp³-hybridized carbons (Fsp3) is 0.312. The van der Waals surface area contributed by atoms with E-state index in [2.05, 4.69) is 11.7 Å². The minimum Gasteiger partial charge on any atom is -0.328 e. The molecule has 5 nitrogen and oxygen atoms in total. The van der Waals surface area contributed by atoms with Crippen molar-refractivity contribution in [2.75, 3.05) is 13.1 Å². The standard InChI is InChI=1S/C16H16F3N3O2/c1-3-8-21(10-16(17,18)19)14(23)9-22-15(24)13-7-5-4-6-12(13)11(2)20-22/h3-7H,1,8-10H2,2H3. The van der Waals surface area contributed by atoms with Gasteiger partial charge in [-0.15, -0.1) is 6.58 Å². The maximum atomic E-state index is 12.6. The third-order valence-corrected chi connectivity index (χ3v) is 3.41. The molecule has 1 amide bonds. The summed E-state index contributed by atoms with van der Waals surface area (Å²) in [7, 11) is 0. The van der Waals surface area contributed by atoms with Crippen LogP contribution in [0.4, 0.5) is 13.2 Å². The number of alkyl halides is 3. The zero-order valence-electron chi connectivity index (χ0n) is 13.0. The van der Waals surface area contributed by atoms with Gasteiger partial charge in [0.1, 0.15) is 13.1 Å². The highest BCUT2D eigenvalue weighted by Crippen LogP contribution is 2.17. The Bertz CT molecular complexity index is 827. The number of amides is 1. The number of carbonyl (C=O) groups excluding carboxylic acids is 1. The first-order chi connectivity index (χ1) is 11.2. The Kier molecular flexibility index (Phi) is 5.06. The summed E-state index contributed by atoms with van der Waals surface area (Å²) in [5.74, 6) is -0.850. The van der Waals surface area contributed by atoms with Crippen LogP contribution in [-0.2, 0) is 11.3 Å². The fourth-order valence-electron chi connectivity index (χ4n) is 2.37. The van der Waals surface area contributed by atoms with Crippen molar-refractivity contribution in [2.45, 2.75) is 19.6 Å². The molecule has 1 aromatic carbocycles. The van der Waals surface area contributed by atoms with Crippen molar-refractivity contribution >= 4 is 16.7 Å². The van der Waals surface area contributed by atoms with E-state index in [1.165, 1.54) is 6.08 Å². The quantitative estimate of drug-likeness (QED) is 0.786. The van der Waals surface area contributed by atoms with Gasteiger partial charge in [-0.1, -0.05) is 24.3 Å². The van der Waals surface area contributed by atoms with Gasteiger partial charge in [0.25, 0.3) is 5.56 Å². The van der Waals surface area contributed by atoms with Crippen molar-refractivity contribution in [1.29, 1.82) is 0 Å². The van der Waals surface area contributed by atoms with E-state index in [1.54, 1.807) is 31.2 Å². The van der Waals surface area contributed by atoms with Gasteiger partial charge >= 0.3 is 6.18 Å². The molecule has 0 aliphatic heterocycles. The second kappa shape index (κ2) is 6.86. The highest BCUT2D eigenvalue weighted by molar-refractivity contribution is 5.83. The lowest BCUT2D eigenvalue weighted by Gasteiger charge is -2.22. The van der Waals surface area contributed by atoms with Crippen LogP contribution in [0.3, 0.4) is 0 Å². The summed E-state index contributed by atoms with van der Waals surface area (Å²) >= 11 is 0. The molecule has 0 atom stereocenters. The third-order valence-electron chi connectivity index (χ3n) is 3.41. The number of benzene rings is 1. The van der Waals surface area contributed by atoms with Crippen LogP contribution in [0.5, 0.6) is 0 Å². The lowest BCUT2D eigenvalue weighted by atomic mass is 10.1. The molecule has 24 heavy (non-hydrogen) atoms. The summed E-state index contributed by atoms with van der Waals surface area (Å²) in [4.78, 5) is 25.1. The molecule has 0 bridgehead atoms. The van der Waals surface area contributed by atoms with Gasteiger partial charge in [0.2, 0.25) is 5.91 Å². The molecule has 0 saturated heterocycles. The number of carbonyl (C=O) groups is 1. The minimum absolute atomic E-state index is 0.264. The SMILES string of the molecule is C=CCN(CC(F)(F)F)C(=O)Cn1nc(C)c2ccccc2c1=O. The first-order valence-electron chi connectivity index (χ1n) is 7.15. The Morgan fingerprint density at radius 2 is 1.96 bits per heavy atom. The van der Waals surface area contributed by atoms with Crippen molar-refractivity contribution < 1.29 is 18.0 Å². The molecule has 1 heterocycles. The van der Waals surface area contributed by atoms with Crippen LogP contribution in [0.2, 0.25) is 0 Å². The Labute approximate surface area is 136 Å². The Balaban J connectivity index is 2.34. The maximum absolute atomic E-state index is 12.6. The first kappa shape index (κ1) is 17.7. The van der Waals surface area contributed by atoms with E-state index >= 15 is 0 Å². The van der Waals surface area contributed by atoms with Crippen LogP contribution in [0, 0.1) is 6.92 Å². The van der Waals surface area contributed by atoms with Gasteiger partial charge in [-0.25, -0.2) is 4.68 Å². The number of nitrogens with zero attached hydrogens (tertiary/aromatic N) is 3. The van der Waals surface area contributed by atoms with Crippen molar-refractivity contribution in [3.05, 3.63) is 53.0 Å². The van der Waals surface area contributed by atoms with Crippen LogP contribution in [0.15, 0.2) is 41.7 Å². The number of aryl methyl sites for hydroxylation is 1. The lowest BCUT2D eigenvalue weighted by Crippen LogP contribution is -2.42. The highest BCUT2D eigenvalue weighted by atomic mass is 19.4. The van der Waals surface area contributed by atoms with Crippen molar-refractivity contribution in [1.82, 2.24) is 14.7 Å². The first-order valence-corrected chi connectivity index (χ1v) is 7.15. The average molecular weight is 339 g/mol. The second-order valence-electron chi connectivity index (χ2n) is 5.27. The molecule has 0 spiro atoms. The summed E-state index contributed by atoms with van der Waals surface area (Å²) in [6.45, 7) is 2.78. The Morgan fingerprint density at radius 3 is 2.54 bits per heavy atom. The summed E-state index contributed by atoms with van der Waals surface area (Å²) < 4.78 is 38.6. The van der Waals surface area contributed by atoms with Gasteiger partial charge in [-0.2, -0.15) is 18.3 Å². The molecular formula is C16H16F3N3O2. The third kappa shape index (κ3) is 4.01. The predicted molar refractivity (Wildman–Crippen MR) is 83.6 cm³/mol. The van der Waals surface area contributed by atoms with E-state index in [0.29, 0.717) is 21.4 Å². The summed E-state index contributed by atoms with van der Waals surface area (Å²) in [6, 6.07) is 6.73. The molecule has 0 aliphatic rings. The lowest BCUT2D eigenvalue weighted by molar-refractivity contribution is -0.160. The monoisotopic (exact) mass is 339 g/mol. The molecule has 0 N–H and O–H groups in total. The summed E-state index contributed by atoms with van der Waals surface area (Å²) in [6.07, 6.45) is -3.33. The van der Waals surface area contributed by atoms with Crippen molar-refractivity contribution in [3.8, 4) is 0 Å². The molecule has 2 rings (SSSR count). The molecule has 0 radical (unpaired) electrons. The van der Waals surface area contributed by atoms with E-state index in [1.807, 2.05) is 0 Å². The largest absolute Gasteiger partial charge is 0.406 e. The Morgan fingerprint density at radius 1 is 1.33 bits per heavy atom. The van der Waals surface area contributed by atoms with Gasteiger partial charge in [0.15, 0.2) is 0 Å². The molecule has 0 saturated carbocycles. The van der Waals surface area contributed by atoms with Gasteiger partial charge in [-0.05, 0) is 13.0 Å². The van der Waals surface area contributed by atoms with E-state index in [9.17, 15) is 22.8 Å². The molecule has 0 aliphatic carbocycles. The number of hydrogen-bond acceptors (Lipinski definition) is 3. The van der Waals surface area contributed by atoms with Crippen LogP contribution in [0.1, 0.15) is 5.69 Å². The topological polar surface area (TPSA) is 55.2 Å². The van der Waals surface area contributed by atoms with Crippen molar-refractivity contribution in [3.63, 3.8) is 0 Å². The molecule has 0 fully saturated rings. The number of fused-ring (bicyclic) bond motifs is 1. The van der Waals surface area contributed by atoms with E-state index in [0.717, 1.165) is 4.68 Å². The molecule has 0 unspecified atom stereocenters. The smallest absolute Gasteiger partial charge is 0.328 e. The summed E-state index contributed by atoms with van der Waals surface area (Å²) in [5.41, 5.74) is -0.000737. The number of rotatable bonds is 5. The Hall–Kier alpha value is -2.64. The number of aromatic nitrogens is 2. The normalized spacial score (nSPS) is 11.5. The van der Waals surface area contributed by atoms with E-state index in [4.69, 9.17) is 0 Å². The van der Waals surface area contributed by atoms with Crippen LogP contribution >= 0.6 is 0 Å². The summed E-state index contributed by atoms with van der Waals surface area (Å²) in [5, 5.41) is 5.04. The van der Waals surface area contributed by atoms with Crippen LogP contribution < -0.4 is 5.56 Å². The maximum Gasteiger partial charge on any atom is 0.406 e. The average Bonchev–Trinajstić information content (AvgIpc) is 2.50. The highest BCUT2D eigenvalue weighted by Gasteiger charge is 2.32. The number of halogens is 3. The van der Waals surface area contributed by atoms with E-state index < -0.39 is 30.7 Å². The van der Waals surface area contributed by atoms with Crippen LogP contribution in [0.25, 0.3) is 10.8 Å².